The zero-order chi connectivity index (χ0) is 17.4. The summed E-state index contributed by atoms with van der Waals surface area (Å²) >= 11 is 5.73. The Morgan fingerprint density at radius 1 is 1.17 bits per heavy atom. The Hall–Kier alpha value is -2.39. The second-order valence-corrected chi connectivity index (χ2v) is 5.43. The molecule has 0 spiro atoms. The van der Waals surface area contributed by atoms with Gasteiger partial charge in [0, 0.05) is 24.1 Å². The van der Waals surface area contributed by atoms with E-state index in [0.717, 1.165) is 5.56 Å². The number of rotatable bonds is 6. The number of nitro benzene ring substituents is 1. The molecule has 0 bridgehead atoms. The minimum atomic E-state index is -0.718. The van der Waals surface area contributed by atoms with Gasteiger partial charge in [0.05, 0.1) is 17.1 Å². The van der Waals surface area contributed by atoms with E-state index in [9.17, 15) is 15.2 Å². The molecule has 2 atom stereocenters. The summed E-state index contributed by atoms with van der Waals surface area (Å²) in [6.07, 6.45) is 0.384. The second kappa shape index (κ2) is 9.04. The highest BCUT2D eigenvalue weighted by Crippen LogP contribution is 2.20. The highest BCUT2D eigenvalue weighted by molar-refractivity contribution is 6.13. The summed E-state index contributed by atoms with van der Waals surface area (Å²) in [4.78, 5) is 12.7. The summed E-state index contributed by atoms with van der Waals surface area (Å²) in [6.45, 7) is 0. The van der Waals surface area contributed by atoms with Gasteiger partial charge in [0.15, 0.2) is 0 Å². The molecule has 0 saturated heterocycles. The van der Waals surface area contributed by atoms with Crippen molar-refractivity contribution in [2.75, 3.05) is 0 Å². The molecule has 0 fully saturated rings. The van der Waals surface area contributed by atoms with E-state index in [1.54, 1.807) is 12.1 Å². The van der Waals surface area contributed by atoms with E-state index in [0.29, 0.717) is 18.4 Å². The summed E-state index contributed by atoms with van der Waals surface area (Å²) in [5.41, 5.74) is 1.54. The molecule has 2 aromatic rings. The van der Waals surface area contributed by atoms with Crippen LogP contribution in [0.5, 0.6) is 0 Å². The molecule has 0 aliphatic heterocycles. The first-order valence-corrected chi connectivity index (χ1v) is 7.82. The molecule has 0 saturated carbocycles. The van der Waals surface area contributed by atoms with Crippen LogP contribution in [-0.2, 0) is 0 Å². The molecule has 2 aromatic carbocycles. The number of non-ortho nitro benzene ring substituents is 1. The van der Waals surface area contributed by atoms with Crippen molar-refractivity contribution in [2.24, 2.45) is 0 Å². The number of hydrogen-bond donors (Lipinski definition) is 2. The Morgan fingerprint density at radius 3 is 2.42 bits per heavy atom. The maximum atomic E-state index is 10.6. The third kappa shape index (κ3) is 5.07. The highest BCUT2D eigenvalue weighted by Gasteiger charge is 2.19. The van der Waals surface area contributed by atoms with E-state index in [1.807, 2.05) is 30.3 Å². The van der Waals surface area contributed by atoms with Gasteiger partial charge in [0.2, 0.25) is 0 Å². The Bertz CT molecular complexity index is 723. The van der Waals surface area contributed by atoms with Crippen molar-refractivity contribution in [3.63, 3.8) is 0 Å². The van der Waals surface area contributed by atoms with Crippen molar-refractivity contribution >= 4 is 17.5 Å². The molecule has 124 valence electrons. The minimum absolute atomic E-state index is 0.0398. The lowest BCUT2D eigenvalue weighted by Gasteiger charge is -2.20. The molecular formula is C18H17ClN2O3. The molecule has 0 heterocycles. The Labute approximate surface area is 145 Å². The first-order chi connectivity index (χ1) is 11.6. The molecule has 2 rings (SSSR count). The lowest BCUT2D eigenvalue weighted by molar-refractivity contribution is -0.384. The van der Waals surface area contributed by atoms with E-state index >= 15 is 0 Å². The van der Waals surface area contributed by atoms with Crippen LogP contribution in [0.1, 0.15) is 30.1 Å². The summed E-state index contributed by atoms with van der Waals surface area (Å²) in [7, 11) is 0. The van der Waals surface area contributed by atoms with Crippen LogP contribution < -0.4 is 4.84 Å². The van der Waals surface area contributed by atoms with Crippen LogP contribution in [0.3, 0.4) is 0 Å². The molecule has 0 amide bonds. The van der Waals surface area contributed by atoms with E-state index in [-0.39, 0.29) is 11.7 Å². The van der Waals surface area contributed by atoms with Gasteiger partial charge in [-0.25, -0.2) is 4.84 Å². The van der Waals surface area contributed by atoms with Gasteiger partial charge in [0.25, 0.3) is 5.69 Å². The van der Waals surface area contributed by atoms with Gasteiger partial charge < -0.3 is 5.11 Å². The SMILES string of the molecule is O=[N+]([O-])c1ccc(C#CCCC(NCl)C(O)c2ccccc2)cc1. The van der Waals surface area contributed by atoms with Crippen LogP contribution >= 0.6 is 11.8 Å². The van der Waals surface area contributed by atoms with Gasteiger partial charge in [-0.05, 0) is 35.9 Å². The van der Waals surface area contributed by atoms with E-state index < -0.39 is 11.0 Å². The fraction of sp³-hybridized carbons (Fsp3) is 0.222. The van der Waals surface area contributed by atoms with Crippen molar-refractivity contribution in [1.29, 1.82) is 0 Å². The van der Waals surface area contributed by atoms with Crippen LogP contribution in [0.4, 0.5) is 5.69 Å². The molecule has 0 aromatic heterocycles. The van der Waals surface area contributed by atoms with Crippen LogP contribution in [0, 0.1) is 22.0 Å². The van der Waals surface area contributed by atoms with Crippen molar-refractivity contribution in [1.82, 2.24) is 4.84 Å². The fourth-order valence-corrected chi connectivity index (χ4v) is 2.44. The molecule has 0 radical (unpaired) electrons. The molecule has 2 N–H and O–H groups in total. The molecule has 5 nitrogen and oxygen atoms in total. The number of nitrogens with one attached hydrogen (secondary N) is 1. The first kappa shape index (κ1) is 18.0. The normalized spacial score (nSPS) is 12.8. The Kier molecular flexibility index (Phi) is 6.76. The molecule has 6 heteroatoms. The van der Waals surface area contributed by atoms with Crippen LogP contribution in [-0.4, -0.2) is 16.1 Å². The number of aliphatic hydroxyl groups is 1. The van der Waals surface area contributed by atoms with E-state index in [4.69, 9.17) is 11.8 Å². The molecule has 24 heavy (non-hydrogen) atoms. The maximum absolute atomic E-state index is 10.6. The molecular weight excluding hydrogens is 328 g/mol. The first-order valence-electron chi connectivity index (χ1n) is 7.44. The van der Waals surface area contributed by atoms with Gasteiger partial charge in [-0.3, -0.25) is 10.1 Å². The zero-order valence-corrected chi connectivity index (χ0v) is 13.6. The average Bonchev–Trinajstić information content (AvgIpc) is 2.62. The Morgan fingerprint density at radius 2 is 1.83 bits per heavy atom. The average molecular weight is 345 g/mol. The van der Waals surface area contributed by atoms with Crippen molar-refractivity contribution < 1.29 is 10.0 Å². The van der Waals surface area contributed by atoms with Crippen molar-refractivity contribution in [3.8, 4) is 11.8 Å². The van der Waals surface area contributed by atoms with Crippen molar-refractivity contribution in [3.05, 3.63) is 75.8 Å². The van der Waals surface area contributed by atoms with Crippen molar-refractivity contribution in [2.45, 2.75) is 25.0 Å². The topological polar surface area (TPSA) is 75.4 Å². The number of hydrogen-bond acceptors (Lipinski definition) is 4. The largest absolute Gasteiger partial charge is 0.387 e. The minimum Gasteiger partial charge on any atom is -0.387 e. The predicted molar refractivity (Wildman–Crippen MR) is 93.4 cm³/mol. The van der Waals surface area contributed by atoms with Gasteiger partial charge in [0.1, 0.15) is 0 Å². The van der Waals surface area contributed by atoms with Gasteiger partial charge >= 0.3 is 0 Å². The van der Waals surface area contributed by atoms with Crippen LogP contribution in [0.25, 0.3) is 0 Å². The van der Waals surface area contributed by atoms with Gasteiger partial charge in [-0.2, -0.15) is 0 Å². The van der Waals surface area contributed by atoms with Crippen LogP contribution in [0.2, 0.25) is 0 Å². The second-order valence-electron chi connectivity index (χ2n) is 5.22. The number of nitro groups is 1. The highest BCUT2D eigenvalue weighted by atomic mass is 35.5. The Balaban J connectivity index is 1.91. The summed E-state index contributed by atoms with van der Waals surface area (Å²) in [5, 5.41) is 20.9. The van der Waals surface area contributed by atoms with Crippen LogP contribution in [0.15, 0.2) is 54.6 Å². The predicted octanol–water partition coefficient (Wildman–Crippen LogP) is 3.57. The lowest BCUT2D eigenvalue weighted by Crippen LogP contribution is -2.28. The summed E-state index contributed by atoms with van der Waals surface area (Å²) < 4.78 is 0. The lowest BCUT2D eigenvalue weighted by atomic mass is 9.99. The number of benzene rings is 2. The standard InChI is InChI=1S/C18H17ClN2O3/c19-20-17(18(22)15-7-2-1-3-8-15)9-5-4-6-14-10-12-16(13-11-14)21(23)24/h1-3,7-8,10-13,17-18,20,22H,5,9H2. The molecule has 2 unspecified atom stereocenters. The smallest absolute Gasteiger partial charge is 0.269 e. The third-order valence-electron chi connectivity index (χ3n) is 3.55. The third-order valence-corrected chi connectivity index (χ3v) is 3.83. The number of aliphatic hydroxyl groups excluding tert-OH is 1. The van der Waals surface area contributed by atoms with E-state index in [1.165, 1.54) is 12.1 Å². The monoisotopic (exact) mass is 344 g/mol. The van der Waals surface area contributed by atoms with Gasteiger partial charge in [-0.15, -0.1) is 0 Å². The van der Waals surface area contributed by atoms with Gasteiger partial charge in [-0.1, -0.05) is 42.2 Å². The number of halogens is 1. The quantitative estimate of drug-likeness (QED) is 0.363. The fourth-order valence-electron chi connectivity index (χ4n) is 2.21. The van der Waals surface area contributed by atoms with E-state index in [2.05, 4.69) is 16.7 Å². The molecule has 0 aliphatic rings. The molecule has 0 aliphatic carbocycles. The summed E-state index contributed by atoms with van der Waals surface area (Å²) in [6, 6.07) is 15.0. The summed E-state index contributed by atoms with van der Waals surface area (Å²) in [5.74, 6) is 5.94. The maximum Gasteiger partial charge on any atom is 0.269 e. The number of nitrogens with zero attached hydrogens (tertiary/aromatic N) is 1. The zero-order valence-electron chi connectivity index (χ0n) is 12.9.